The molecule has 2 N–H and O–H groups in total. The molecule has 0 aromatic carbocycles. The fraction of sp³-hybridized carbons (Fsp3) is 0.167. The molecule has 14 heavy (non-hydrogen) atoms. The average Bonchev–Trinajstić information content (AvgIpc) is 2.59. The lowest BCUT2D eigenvalue weighted by Crippen LogP contribution is -2.31. The first-order valence-electron chi connectivity index (χ1n) is 3.68. The molecule has 8 heteroatoms. The van der Waals surface area contributed by atoms with Crippen molar-refractivity contribution in [3.8, 4) is 0 Å². The summed E-state index contributed by atoms with van der Waals surface area (Å²) in [5.41, 5.74) is 3.95. The van der Waals surface area contributed by atoms with Crippen molar-refractivity contribution in [2.24, 2.45) is 12.8 Å². The fourth-order valence-corrected chi connectivity index (χ4v) is 1.09. The van der Waals surface area contributed by atoms with Crippen molar-refractivity contribution >= 4 is 11.7 Å². The summed E-state index contributed by atoms with van der Waals surface area (Å²) >= 11 is 0. The number of fused-ring (bicyclic) bond motifs is 1. The zero-order chi connectivity index (χ0) is 10.3. The van der Waals surface area contributed by atoms with E-state index < -0.39 is 11.5 Å². The number of primary amides is 1. The Morgan fingerprint density at radius 2 is 2.29 bits per heavy atom. The summed E-state index contributed by atoms with van der Waals surface area (Å²) in [6.45, 7) is 0. The number of hydrogen-bond donors (Lipinski definition) is 1. The topological polar surface area (TPSA) is 108 Å². The summed E-state index contributed by atoms with van der Waals surface area (Å²) < 4.78 is 2.22. The molecular weight excluding hydrogens is 188 g/mol. The highest BCUT2D eigenvalue weighted by Crippen LogP contribution is 1.91. The van der Waals surface area contributed by atoms with Crippen LogP contribution in [-0.4, -0.2) is 30.3 Å². The molecule has 0 saturated carbocycles. The zero-order valence-corrected chi connectivity index (χ0v) is 7.21. The number of nitrogens with zero attached hydrogens (tertiary/aromatic N) is 5. The Labute approximate surface area is 77.0 Å². The lowest BCUT2D eigenvalue weighted by Gasteiger charge is -2.00. The monoisotopic (exact) mass is 194 g/mol. The Morgan fingerprint density at radius 1 is 1.57 bits per heavy atom. The summed E-state index contributed by atoms with van der Waals surface area (Å²) in [4.78, 5) is 26.1. The molecule has 0 unspecified atom stereocenters. The van der Waals surface area contributed by atoms with Gasteiger partial charge in [0.15, 0.2) is 0 Å². The third-order valence-corrected chi connectivity index (χ3v) is 1.70. The van der Waals surface area contributed by atoms with Crippen molar-refractivity contribution < 1.29 is 4.79 Å². The predicted octanol–water partition coefficient (Wildman–Crippen LogP) is -2.08. The van der Waals surface area contributed by atoms with Crippen molar-refractivity contribution in [1.82, 2.24) is 24.4 Å². The van der Waals surface area contributed by atoms with Crippen molar-refractivity contribution in [3.63, 3.8) is 0 Å². The minimum atomic E-state index is -0.886. The van der Waals surface area contributed by atoms with E-state index in [1.54, 1.807) is 0 Å². The molecule has 8 nitrogen and oxygen atoms in total. The van der Waals surface area contributed by atoms with Gasteiger partial charge >= 0.3 is 5.56 Å². The standard InChI is InChI=1S/C6H6N6O2/c1-11-6-8-2-9-12(6)5(14)3(10-11)4(7)13/h2H,1H3,(H2,7,13). The second kappa shape index (κ2) is 2.62. The number of rotatable bonds is 1. The van der Waals surface area contributed by atoms with E-state index in [4.69, 9.17) is 5.73 Å². The van der Waals surface area contributed by atoms with Crippen LogP contribution in [0.15, 0.2) is 11.1 Å². The third-order valence-electron chi connectivity index (χ3n) is 1.70. The number of aryl methyl sites for hydroxylation is 1. The normalized spacial score (nSPS) is 10.6. The maximum absolute atomic E-state index is 11.5. The predicted molar refractivity (Wildman–Crippen MR) is 44.5 cm³/mol. The van der Waals surface area contributed by atoms with Gasteiger partial charge in [0.05, 0.1) is 0 Å². The molecule has 1 amide bonds. The Balaban J connectivity index is 2.96. The first-order valence-corrected chi connectivity index (χ1v) is 3.68. The van der Waals surface area contributed by atoms with Crippen molar-refractivity contribution in [3.05, 3.63) is 22.4 Å². The van der Waals surface area contributed by atoms with Gasteiger partial charge in [-0.05, 0) is 0 Å². The van der Waals surface area contributed by atoms with Crippen LogP contribution in [0.5, 0.6) is 0 Å². The highest BCUT2D eigenvalue weighted by molar-refractivity contribution is 5.90. The van der Waals surface area contributed by atoms with Gasteiger partial charge in [-0.3, -0.25) is 9.59 Å². The lowest BCUT2D eigenvalue weighted by molar-refractivity contribution is 0.0991. The Kier molecular flexibility index (Phi) is 1.56. The molecular formula is C6H6N6O2. The summed E-state index contributed by atoms with van der Waals surface area (Å²) in [5, 5.41) is 7.33. The molecule has 0 saturated heterocycles. The van der Waals surface area contributed by atoms with Gasteiger partial charge in [-0.2, -0.15) is 14.6 Å². The number of hydrogen-bond acceptors (Lipinski definition) is 5. The maximum Gasteiger partial charge on any atom is 0.307 e. The Hall–Kier alpha value is -2.25. The fourth-order valence-electron chi connectivity index (χ4n) is 1.09. The van der Waals surface area contributed by atoms with Gasteiger partial charge in [-0.1, -0.05) is 0 Å². The molecule has 2 rings (SSSR count). The highest BCUT2D eigenvalue weighted by Gasteiger charge is 2.14. The van der Waals surface area contributed by atoms with Gasteiger partial charge in [-0.25, -0.2) is 4.68 Å². The second-order valence-corrected chi connectivity index (χ2v) is 2.61. The van der Waals surface area contributed by atoms with Gasteiger partial charge in [-0.15, -0.1) is 5.10 Å². The minimum Gasteiger partial charge on any atom is -0.364 e. The first-order chi connectivity index (χ1) is 6.61. The number of aromatic nitrogens is 5. The van der Waals surface area contributed by atoms with Gasteiger partial charge in [0.1, 0.15) is 6.33 Å². The summed E-state index contributed by atoms with van der Waals surface area (Å²) in [5.74, 6) is -0.636. The average molecular weight is 194 g/mol. The Bertz CT molecular complexity index is 567. The van der Waals surface area contributed by atoms with Crippen LogP contribution in [-0.2, 0) is 7.05 Å². The number of carbonyl (C=O) groups is 1. The molecule has 2 aromatic heterocycles. The van der Waals surface area contributed by atoms with E-state index in [9.17, 15) is 9.59 Å². The van der Waals surface area contributed by atoms with Crippen molar-refractivity contribution in [1.29, 1.82) is 0 Å². The molecule has 0 aliphatic carbocycles. The molecule has 0 fully saturated rings. The van der Waals surface area contributed by atoms with Crippen LogP contribution in [0.25, 0.3) is 5.78 Å². The first kappa shape index (κ1) is 8.35. The van der Waals surface area contributed by atoms with Crippen LogP contribution in [0.3, 0.4) is 0 Å². The van der Waals surface area contributed by atoms with Crippen molar-refractivity contribution in [2.45, 2.75) is 0 Å². The molecule has 0 aliphatic heterocycles. The SMILES string of the molecule is Cn1nc(C(N)=O)c(=O)n2ncnc12. The van der Waals surface area contributed by atoms with Crippen LogP contribution in [0.4, 0.5) is 0 Å². The molecule has 72 valence electrons. The summed E-state index contributed by atoms with van der Waals surface area (Å²) in [6.07, 6.45) is 1.20. The van der Waals surface area contributed by atoms with Gasteiger partial charge < -0.3 is 5.73 Å². The van der Waals surface area contributed by atoms with Crippen LogP contribution in [0.2, 0.25) is 0 Å². The second-order valence-electron chi connectivity index (χ2n) is 2.61. The van der Waals surface area contributed by atoms with E-state index in [0.29, 0.717) is 0 Å². The molecule has 0 spiro atoms. The summed E-state index contributed by atoms with van der Waals surface area (Å²) in [6, 6.07) is 0. The van der Waals surface area contributed by atoms with Gasteiger partial charge in [0.25, 0.3) is 11.7 Å². The minimum absolute atomic E-state index is 0.250. The molecule has 0 radical (unpaired) electrons. The van der Waals surface area contributed by atoms with E-state index >= 15 is 0 Å². The smallest absolute Gasteiger partial charge is 0.307 e. The summed E-state index contributed by atoms with van der Waals surface area (Å²) in [7, 11) is 1.54. The number of nitrogens with two attached hydrogens (primary N) is 1. The van der Waals surface area contributed by atoms with Crippen molar-refractivity contribution in [2.75, 3.05) is 0 Å². The van der Waals surface area contributed by atoms with Gasteiger partial charge in [0.2, 0.25) is 5.69 Å². The molecule has 0 atom stereocenters. The highest BCUT2D eigenvalue weighted by atomic mass is 16.2. The molecule has 2 aromatic rings. The van der Waals surface area contributed by atoms with Gasteiger partial charge in [0, 0.05) is 7.05 Å². The molecule has 0 bridgehead atoms. The van der Waals surface area contributed by atoms with E-state index in [1.165, 1.54) is 18.1 Å². The number of carbonyl (C=O) groups excluding carboxylic acids is 1. The van der Waals surface area contributed by atoms with Crippen LogP contribution in [0, 0.1) is 0 Å². The molecule has 0 aliphatic rings. The van der Waals surface area contributed by atoms with Crippen LogP contribution >= 0.6 is 0 Å². The zero-order valence-electron chi connectivity index (χ0n) is 7.21. The van der Waals surface area contributed by atoms with E-state index in [1.807, 2.05) is 0 Å². The van der Waals surface area contributed by atoms with Crippen LogP contribution in [0.1, 0.15) is 10.5 Å². The van der Waals surface area contributed by atoms with E-state index in [0.717, 1.165) is 4.52 Å². The third kappa shape index (κ3) is 0.969. The van der Waals surface area contributed by atoms with E-state index in [2.05, 4.69) is 15.2 Å². The maximum atomic E-state index is 11.5. The largest absolute Gasteiger partial charge is 0.364 e. The lowest BCUT2D eigenvalue weighted by atomic mass is 10.4. The van der Waals surface area contributed by atoms with E-state index in [-0.39, 0.29) is 11.5 Å². The number of amides is 1. The quantitative estimate of drug-likeness (QED) is 0.560. The molecule has 2 heterocycles. The Morgan fingerprint density at radius 3 is 2.93 bits per heavy atom. The van der Waals surface area contributed by atoms with Crippen LogP contribution < -0.4 is 11.3 Å².